The van der Waals surface area contributed by atoms with E-state index in [1.807, 2.05) is 12.1 Å². The van der Waals surface area contributed by atoms with E-state index in [9.17, 15) is 24.3 Å². The molecule has 8 nitrogen and oxygen atoms in total. The second-order valence-corrected chi connectivity index (χ2v) is 10.1. The minimum atomic E-state index is -1.28. The number of aryl methyl sites for hydroxylation is 2. The summed E-state index contributed by atoms with van der Waals surface area (Å²) >= 11 is 1.09. The Morgan fingerprint density at radius 3 is 2.60 bits per heavy atom. The van der Waals surface area contributed by atoms with Crippen molar-refractivity contribution in [3.63, 3.8) is 0 Å². The zero-order valence-corrected chi connectivity index (χ0v) is 19.8. The fraction of sp³-hybridized carbons (Fsp3) is 0.308. The molecule has 2 N–H and O–H groups in total. The van der Waals surface area contributed by atoms with Crippen molar-refractivity contribution in [3.05, 3.63) is 77.0 Å². The van der Waals surface area contributed by atoms with Gasteiger partial charge < -0.3 is 20.1 Å². The molecule has 3 unspecified atom stereocenters. The van der Waals surface area contributed by atoms with Crippen molar-refractivity contribution < 1.29 is 29.0 Å². The van der Waals surface area contributed by atoms with Gasteiger partial charge in [0.05, 0.1) is 0 Å². The van der Waals surface area contributed by atoms with Crippen LogP contribution in [-0.4, -0.2) is 50.4 Å². The molecular formula is C26H24N2O6S. The van der Waals surface area contributed by atoms with Crippen LogP contribution in [0.1, 0.15) is 36.0 Å². The average Bonchev–Trinajstić information content (AvgIpc) is 3.31. The van der Waals surface area contributed by atoms with Crippen LogP contribution in [0.15, 0.2) is 60.3 Å². The normalized spacial score (nSPS) is 23.3. The summed E-state index contributed by atoms with van der Waals surface area (Å²) < 4.78 is 5.62. The molecule has 0 radical (unpaired) electrons. The molecular weight excluding hydrogens is 468 g/mol. The molecule has 0 spiro atoms. The second-order valence-electron chi connectivity index (χ2n) is 8.90. The maximum Gasteiger partial charge on any atom is 0.328 e. The number of benzene rings is 2. The Labute approximate surface area is 206 Å². The molecule has 5 rings (SSSR count). The molecule has 0 saturated carbocycles. The maximum absolute atomic E-state index is 13.3. The Kier molecular flexibility index (Phi) is 6.10. The predicted octanol–water partition coefficient (Wildman–Crippen LogP) is 2.62. The lowest BCUT2D eigenvalue weighted by molar-refractivity contribution is -0.148. The molecule has 2 aromatic carbocycles. The summed E-state index contributed by atoms with van der Waals surface area (Å²) in [5.41, 5.74) is 3.37. The van der Waals surface area contributed by atoms with Gasteiger partial charge >= 0.3 is 11.9 Å². The predicted molar refractivity (Wildman–Crippen MR) is 129 cm³/mol. The number of hydrogen-bond donors (Lipinski definition) is 2. The fourth-order valence-corrected chi connectivity index (χ4v) is 6.06. The standard InChI is InChI=1S/C26H24N2O6S/c1-14-13-28-23(30)20(24(28)35-21(14)25(31)32)27-22(29)19(16-6-3-2-4-7-16)26(33)34-18-11-10-15-8-5-9-17(15)12-18/h2-4,6-7,10-13,19-21,24H,5,8-9H2,1H3,(H,27,29)(H,31,32)/t19?,20?,21?,24-/m1/s1. The number of carbonyl (C=O) groups is 4. The van der Waals surface area contributed by atoms with Crippen molar-refractivity contribution in [1.82, 2.24) is 10.2 Å². The molecule has 35 heavy (non-hydrogen) atoms. The molecule has 0 aromatic heterocycles. The SMILES string of the molecule is CC1=CN2C(=O)C(NC(=O)C(C(=O)Oc3ccc4c(c3)CCC4)c3ccccc3)[C@H]2SC1C(=O)O. The largest absolute Gasteiger partial charge is 0.480 e. The third kappa shape index (κ3) is 4.32. The van der Waals surface area contributed by atoms with E-state index in [2.05, 4.69) is 5.32 Å². The molecule has 1 fully saturated rings. The molecule has 4 atom stereocenters. The van der Waals surface area contributed by atoms with E-state index in [1.165, 1.54) is 16.7 Å². The molecule has 2 heterocycles. The molecule has 2 aliphatic heterocycles. The maximum atomic E-state index is 13.3. The van der Waals surface area contributed by atoms with Gasteiger partial charge in [-0.15, -0.1) is 11.8 Å². The quantitative estimate of drug-likeness (QED) is 0.276. The van der Waals surface area contributed by atoms with E-state index in [0.29, 0.717) is 16.9 Å². The Balaban J connectivity index is 1.35. The van der Waals surface area contributed by atoms with Crippen LogP contribution in [0.25, 0.3) is 0 Å². The number of β-lactam (4-membered cyclic amide) rings is 1. The van der Waals surface area contributed by atoms with Crippen molar-refractivity contribution in [2.45, 2.75) is 48.8 Å². The number of esters is 1. The number of aliphatic carboxylic acids is 1. The summed E-state index contributed by atoms with van der Waals surface area (Å²) in [5, 5.41) is 10.8. The van der Waals surface area contributed by atoms with Crippen LogP contribution in [0.4, 0.5) is 0 Å². The van der Waals surface area contributed by atoms with Gasteiger partial charge in [-0.1, -0.05) is 36.4 Å². The monoisotopic (exact) mass is 492 g/mol. The number of carboxylic acid groups (broad SMARTS) is 1. The summed E-state index contributed by atoms with van der Waals surface area (Å²) in [6.07, 6.45) is 4.50. The van der Waals surface area contributed by atoms with Gasteiger partial charge in [0.15, 0.2) is 5.92 Å². The van der Waals surface area contributed by atoms with E-state index < -0.39 is 40.4 Å². The lowest BCUT2D eigenvalue weighted by Crippen LogP contribution is -2.69. The first-order chi connectivity index (χ1) is 16.8. The van der Waals surface area contributed by atoms with Gasteiger partial charge in [-0.25, -0.2) is 0 Å². The minimum absolute atomic E-state index is 0.349. The van der Waals surface area contributed by atoms with Crippen molar-refractivity contribution >= 4 is 35.5 Å². The minimum Gasteiger partial charge on any atom is -0.480 e. The number of fused-ring (bicyclic) bond motifs is 2. The molecule has 1 aliphatic carbocycles. The van der Waals surface area contributed by atoms with E-state index in [0.717, 1.165) is 36.6 Å². The van der Waals surface area contributed by atoms with Crippen LogP contribution in [-0.2, 0) is 32.0 Å². The van der Waals surface area contributed by atoms with Crippen LogP contribution in [0, 0.1) is 0 Å². The zero-order chi connectivity index (χ0) is 24.7. The Hall–Kier alpha value is -3.59. The molecule has 3 aliphatic rings. The lowest BCUT2D eigenvalue weighted by Gasteiger charge is -2.48. The number of nitrogens with one attached hydrogen (secondary N) is 1. The summed E-state index contributed by atoms with van der Waals surface area (Å²) in [7, 11) is 0. The summed E-state index contributed by atoms with van der Waals surface area (Å²) in [5.74, 6) is -3.67. The highest BCUT2D eigenvalue weighted by Crippen LogP contribution is 2.40. The van der Waals surface area contributed by atoms with E-state index >= 15 is 0 Å². The Bertz CT molecular complexity index is 1240. The number of nitrogens with zero attached hydrogens (tertiary/aromatic N) is 1. The van der Waals surface area contributed by atoms with Crippen LogP contribution in [0.3, 0.4) is 0 Å². The number of rotatable bonds is 6. The zero-order valence-electron chi connectivity index (χ0n) is 19.0. The van der Waals surface area contributed by atoms with Gasteiger partial charge in [0.2, 0.25) is 5.91 Å². The molecule has 0 bridgehead atoms. The van der Waals surface area contributed by atoms with Gasteiger partial charge in [0.25, 0.3) is 5.91 Å². The van der Waals surface area contributed by atoms with Gasteiger partial charge in [-0.3, -0.25) is 19.2 Å². The second kappa shape index (κ2) is 9.22. The molecule has 2 amide bonds. The topological polar surface area (TPSA) is 113 Å². The number of ether oxygens (including phenoxy) is 1. The summed E-state index contributed by atoms with van der Waals surface area (Å²) in [4.78, 5) is 52.2. The first kappa shape index (κ1) is 23.2. The number of hydrogen-bond acceptors (Lipinski definition) is 6. The van der Waals surface area contributed by atoms with Gasteiger partial charge in [-0.05, 0) is 60.6 Å². The summed E-state index contributed by atoms with van der Waals surface area (Å²) in [6, 6.07) is 13.1. The number of amides is 2. The van der Waals surface area contributed by atoms with E-state index in [-0.39, 0.29) is 5.91 Å². The van der Waals surface area contributed by atoms with Gasteiger partial charge in [0.1, 0.15) is 22.4 Å². The number of thioether (sulfide) groups is 1. The van der Waals surface area contributed by atoms with E-state index in [1.54, 1.807) is 43.3 Å². The van der Waals surface area contributed by atoms with E-state index in [4.69, 9.17) is 4.74 Å². The lowest BCUT2D eigenvalue weighted by atomic mass is 9.96. The third-order valence-electron chi connectivity index (χ3n) is 6.55. The Morgan fingerprint density at radius 2 is 1.86 bits per heavy atom. The van der Waals surface area contributed by atoms with Crippen molar-refractivity contribution in [3.8, 4) is 5.75 Å². The Morgan fingerprint density at radius 1 is 1.11 bits per heavy atom. The number of carbonyl (C=O) groups excluding carboxylic acids is 3. The van der Waals surface area contributed by atoms with Crippen LogP contribution in [0.2, 0.25) is 0 Å². The highest BCUT2D eigenvalue weighted by molar-refractivity contribution is 8.01. The molecule has 2 aromatic rings. The molecule has 1 saturated heterocycles. The van der Waals surface area contributed by atoms with Crippen LogP contribution in [0.5, 0.6) is 5.75 Å². The highest BCUT2D eigenvalue weighted by Gasteiger charge is 2.53. The van der Waals surface area contributed by atoms with Crippen molar-refractivity contribution in [2.75, 3.05) is 0 Å². The first-order valence-corrected chi connectivity index (χ1v) is 12.4. The third-order valence-corrected chi connectivity index (χ3v) is 8.18. The molecule has 9 heteroatoms. The summed E-state index contributed by atoms with van der Waals surface area (Å²) in [6.45, 7) is 1.65. The average molecular weight is 493 g/mol. The van der Waals surface area contributed by atoms with Crippen molar-refractivity contribution in [2.24, 2.45) is 0 Å². The van der Waals surface area contributed by atoms with Crippen LogP contribution < -0.4 is 10.1 Å². The first-order valence-electron chi connectivity index (χ1n) is 11.4. The van der Waals surface area contributed by atoms with Gasteiger partial charge in [0, 0.05) is 6.20 Å². The smallest absolute Gasteiger partial charge is 0.328 e. The molecule has 180 valence electrons. The van der Waals surface area contributed by atoms with Crippen LogP contribution >= 0.6 is 11.8 Å². The van der Waals surface area contributed by atoms with Gasteiger partial charge in [-0.2, -0.15) is 0 Å². The fourth-order valence-electron chi connectivity index (χ4n) is 4.75. The van der Waals surface area contributed by atoms with Crippen molar-refractivity contribution in [1.29, 1.82) is 0 Å². The number of carboxylic acids is 1. The highest BCUT2D eigenvalue weighted by atomic mass is 32.2.